The summed E-state index contributed by atoms with van der Waals surface area (Å²) in [6.45, 7) is 1.07. The van der Waals surface area contributed by atoms with Gasteiger partial charge in [-0.25, -0.2) is 4.79 Å². The first-order valence-corrected chi connectivity index (χ1v) is 6.74. The van der Waals surface area contributed by atoms with Crippen molar-refractivity contribution in [2.75, 3.05) is 6.61 Å². The van der Waals surface area contributed by atoms with Crippen molar-refractivity contribution in [1.29, 1.82) is 0 Å². The van der Waals surface area contributed by atoms with Gasteiger partial charge in [0.25, 0.3) is 0 Å². The van der Waals surface area contributed by atoms with Crippen LogP contribution in [0, 0.1) is 0 Å². The number of rotatable bonds is 6. The summed E-state index contributed by atoms with van der Waals surface area (Å²) in [7, 11) is 0. The van der Waals surface area contributed by atoms with E-state index in [0.717, 1.165) is 11.8 Å². The molecule has 0 radical (unpaired) electrons. The maximum absolute atomic E-state index is 10.2. The lowest BCUT2D eigenvalue weighted by Crippen LogP contribution is -1.93. The van der Waals surface area contributed by atoms with Crippen molar-refractivity contribution < 1.29 is 19.4 Å². The number of carbonyl (C=O) groups excluding carboxylic acids is 1. The second kappa shape index (κ2) is 11.0. The molecular weight excluding hydrogens is 280 g/mol. The Hall–Kier alpha value is -2.72. The summed E-state index contributed by atoms with van der Waals surface area (Å²) in [5, 5.41) is 8.38. The van der Waals surface area contributed by atoms with E-state index >= 15 is 0 Å². The molecule has 4 nitrogen and oxygen atoms in total. The van der Waals surface area contributed by atoms with Crippen LogP contribution in [0.4, 0.5) is 0 Å². The highest BCUT2D eigenvalue weighted by molar-refractivity contribution is 5.87. The van der Waals surface area contributed by atoms with Crippen molar-refractivity contribution in [3.63, 3.8) is 0 Å². The van der Waals surface area contributed by atoms with Crippen LogP contribution in [-0.4, -0.2) is 24.0 Å². The van der Waals surface area contributed by atoms with Gasteiger partial charge in [-0.3, -0.25) is 4.79 Å². The summed E-state index contributed by atoms with van der Waals surface area (Å²) < 4.78 is 5.28. The fourth-order valence-corrected chi connectivity index (χ4v) is 1.51. The van der Waals surface area contributed by atoms with Crippen LogP contribution in [0.25, 0.3) is 0 Å². The van der Waals surface area contributed by atoms with E-state index in [2.05, 4.69) is 0 Å². The fourth-order valence-electron chi connectivity index (χ4n) is 1.51. The summed E-state index contributed by atoms with van der Waals surface area (Å²) >= 11 is 0. The van der Waals surface area contributed by atoms with E-state index in [0.29, 0.717) is 18.8 Å². The Morgan fingerprint density at radius 3 is 2.09 bits per heavy atom. The Morgan fingerprint density at radius 2 is 1.59 bits per heavy atom. The minimum Gasteiger partial charge on any atom is -0.478 e. The second-order valence-corrected chi connectivity index (χ2v) is 4.24. The molecule has 2 rings (SSSR count). The molecule has 0 aliphatic heterocycles. The molecule has 2 aromatic carbocycles. The first-order chi connectivity index (χ1) is 10.7. The number of carbonyl (C=O) groups is 2. The normalized spacial score (nSPS) is 9.82. The highest BCUT2D eigenvalue weighted by Crippen LogP contribution is 1.99. The van der Waals surface area contributed by atoms with E-state index < -0.39 is 5.97 Å². The third kappa shape index (κ3) is 7.77. The summed E-state index contributed by atoms with van der Waals surface area (Å²) in [5.74, 6) is -0.879. The minimum atomic E-state index is -0.879. The number of aldehydes is 1. The Bertz CT molecular complexity index is 577. The first-order valence-electron chi connectivity index (χ1n) is 6.74. The van der Waals surface area contributed by atoms with Crippen molar-refractivity contribution in [3.05, 3.63) is 83.9 Å². The SMILES string of the molecule is O=C(O)c1ccccc1.O=CC=CCOCc1ccccc1. The molecule has 0 aliphatic rings. The Morgan fingerprint density at radius 1 is 1.00 bits per heavy atom. The van der Waals surface area contributed by atoms with Gasteiger partial charge in [-0.05, 0) is 23.8 Å². The summed E-state index contributed by atoms with van der Waals surface area (Å²) in [6, 6.07) is 18.2. The zero-order valence-corrected chi connectivity index (χ0v) is 12.1. The van der Waals surface area contributed by atoms with Gasteiger partial charge in [-0.1, -0.05) is 54.6 Å². The van der Waals surface area contributed by atoms with E-state index in [1.54, 1.807) is 36.4 Å². The van der Waals surface area contributed by atoms with E-state index in [-0.39, 0.29) is 0 Å². The van der Waals surface area contributed by atoms with E-state index in [1.807, 2.05) is 30.3 Å². The third-order valence-corrected chi connectivity index (χ3v) is 2.56. The Labute approximate surface area is 129 Å². The standard InChI is InChI=1S/C11H12O2.C7H6O2/c12-8-4-5-9-13-10-11-6-2-1-3-7-11;8-7(9)6-4-2-1-3-5-6/h1-8H,9-10H2;1-5H,(H,8,9). The Kier molecular flexibility index (Phi) is 8.66. The van der Waals surface area contributed by atoms with E-state index in [1.165, 1.54) is 6.08 Å². The zero-order valence-electron chi connectivity index (χ0n) is 12.1. The summed E-state index contributed by atoms with van der Waals surface area (Å²) in [5.41, 5.74) is 1.47. The third-order valence-electron chi connectivity index (χ3n) is 2.56. The van der Waals surface area contributed by atoms with Crippen molar-refractivity contribution in [1.82, 2.24) is 0 Å². The molecule has 0 saturated heterocycles. The van der Waals surface area contributed by atoms with Gasteiger partial charge < -0.3 is 9.84 Å². The first kappa shape index (κ1) is 17.3. The largest absolute Gasteiger partial charge is 0.478 e. The molecule has 0 atom stereocenters. The summed E-state index contributed by atoms with van der Waals surface area (Å²) in [4.78, 5) is 20.1. The number of carboxylic acid groups (broad SMARTS) is 1. The average Bonchev–Trinajstić information content (AvgIpc) is 2.57. The molecule has 0 unspecified atom stereocenters. The molecule has 0 amide bonds. The predicted molar refractivity (Wildman–Crippen MR) is 84.7 cm³/mol. The molecule has 1 N–H and O–H groups in total. The number of hydrogen-bond donors (Lipinski definition) is 1. The number of hydrogen-bond acceptors (Lipinski definition) is 3. The number of allylic oxidation sites excluding steroid dienone is 1. The number of carboxylic acids is 1. The van der Waals surface area contributed by atoms with Gasteiger partial charge in [0.15, 0.2) is 0 Å². The minimum absolute atomic E-state index is 0.331. The van der Waals surface area contributed by atoms with Crippen LogP contribution in [0.15, 0.2) is 72.8 Å². The van der Waals surface area contributed by atoms with Gasteiger partial charge in [0.1, 0.15) is 6.29 Å². The lowest BCUT2D eigenvalue weighted by atomic mass is 10.2. The quantitative estimate of drug-likeness (QED) is 0.504. The second-order valence-electron chi connectivity index (χ2n) is 4.24. The van der Waals surface area contributed by atoms with Gasteiger partial charge in [-0.2, -0.15) is 0 Å². The maximum atomic E-state index is 10.2. The molecule has 0 aromatic heterocycles. The van der Waals surface area contributed by atoms with Gasteiger partial charge in [-0.15, -0.1) is 0 Å². The Balaban J connectivity index is 0.000000235. The average molecular weight is 298 g/mol. The van der Waals surface area contributed by atoms with Crippen LogP contribution >= 0.6 is 0 Å². The molecule has 2 aromatic rings. The van der Waals surface area contributed by atoms with Gasteiger partial charge >= 0.3 is 5.97 Å². The molecule has 0 fully saturated rings. The smallest absolute Gasteiger partial charge is 0.335 e. The maximum Gasteiger partial charge on any atom is 0.335 e. The predicted octanol–water partition coefficient (Wildman–Crippen LogP) is 3.34. The lowest BCUT2D eigenvalue weighted by molar-refractivity contribution is -0.104. The molecule has 114 valence electrons. The van der Waals surface area contributed by atoms with Crippen molar-refractivity contribution in [3.8, 4) is 0 Å². The number of benzene rings is 2. The lowest BCUT2D eigenvalue weighted by Gasteiger charge is -1.99. The van der Waals surface area contributed by atoms with E-state index in [4.69, 9.17) is 9.84 Å². The van der Waals surface area contributed by atoms with Crippen LogP contribution in [0.2, 0.25) is 0 Å². The molecule has 0 spiro atoms. The summed E-state index contributed by atoms with van der Waals surface area (Å²) in [6.07, 6.45) is 3.87. The van der Waals surface area contributed by atoms with Gasteiger partial charge in [0.05, 0.1) is 18.8 Å². The highest BCUT2D eigenvalue weighted by atomic mass is 16.5. The van der Waals surface area contributed by atoms with Crippen LogP contribution in [0.3, 0.4) is 0 Å². The van der Waals surface area contributed by atoms with Crippen LogP contribution in [0.1, 0.15) is 15.9 Å². The topological polar surface area (TPSA) is 63.6 Å². The molecule has 0 bridgehead atoms. The fraction of sp³-hybridized carbons (Fsp3) is 0.111. The van der Waals surface area contributed by atoms with Gasteiger partial charge in [0.2, 0.25) is 0 Å². The molecule has 0 heterocycles. The van der Waals surface area contributed by atoms with E-state index in [9.17, 15) is 9.59 Å². The van der Waals surface area contributed by atoms with Crippen LogP contribution in [-0.2, 0) is 16.1 Å². The number of ether oxygens (including phenoxy) is 1. The van der Waals surface area contributed by atoms with Gasteiger partial charge in [0, 0.05) is 0 Å². The molecule has 4 heteroatoms. The molecular formula is C18H18O4. The monoisotopic (exact) mass is 298 g/mol. The zero-order chi connectivity index (χ0) is 16.0. The van der Waals surface area contributed by atoms with Crippen molar-refractivity contribution in [2.24, 2.45) is 0 Å². The molecule has 22 heavy (non-hydrogen) atoms. The highest BCUT2D eigenvalue weighted by Gasteiger charge is 1.96. The molecule has 0 aliphatic carbocycles. The van der Waals surface area contributed by atoms with Crippen molar-refractivity contribution >= 4 is 12.3 Å². The van der Waals surface area contributed by atoms with Crippen LogP contribution in [0.5, 0.6) is 0 Å². The van der Waals surface area contributed by atoms with Crippen molar-refractivity contribution in [2.45, 2.75) is 6.61 Å². The van der Waals surface area contributed by atoms with Crippen LogP contribution < -0.4 is 0 Å². The number of aromatic carboxylic acids is 1. The molecule has 0 saturated carbocycles.